The SMILES string of the molecule is CC(C)(C)OC(=O)N1C[C@@H]2C[C@H]1CN2c1cc2c(O)ncnc2cn1. The van der Waals surface area contributed by atoms with Gasteiger partial charge in [0, 0.05) is 13.1 Å². The first kappa shape index (κ1) is 15.9. The second kappa shape index (κ2) is 5.44. The molecule has 0 saturated carbocycles. The minimum atomic E-state index is -0.490. The average molecular weight is 343 g/mol. The van der Waals surface area contributed by atoms with Crippen LogP contribution in [0.25, 0.3) is 10.9 Å². The van der Waals surface area contributed by atoms with Crippen LogP contribution in [0.4, 0.5) is 10.6 Å². The van der Waals surface area contributed by atoms with Gasteiger partial charge in [0.05, 0.1) is 29.2 Å². The Morgan fingerprint density at radius 1 is 1.24 bits per heavy atom. The standard InChI is InChI=1S/C17H21N5O3/c1-17(2,3)25-16(24)22-8-10-4-11(22)7-21(10)14-5-12-13(6-18-14)19-9-20-15(12)23/h5-6,9-11H,4,7-8H2,1-3H3,(H,19,20,23)/t10-,11-/m0/s1. The van der Waals surface area contributed by atoms with Crippen molar-refractivity contribution in [1.29, 1.82) is 0 Å². The Morgan fingerprint density at radius 2 is 2.04 bits per heavy atom. The molecule has 0 aliphatic carbocycles. The predicted molar refractivity (Wildman–Crippen MR) is 91.5 cm³/mol. The van der Waals surface area contributed by atoms with E-state index in [9.17, 15) is 9.90 Å². The molecule has 8 nitrogen and oxygen atoms in total. The zero-order valence-corrected chi connectivity index (χ0v) is 14.5. The molecule has 1 N–H and O–H groups in total. The van der Waals surface area contributed by atoms with Gasteiger partial charge in [-0.25, -0.2) is 19.7 Å². The van der Waals surface area contributed by atoms with E-state index in [0.29, 0.717) is 24.0 Å². The number of piperazine rings is 1. The van der Waals surface area contributed by atoms with Gasteiger partial charge in [0.2, 0.25) is 5.88 Å². The zero-order chi connectivity index (χ0) is 17.8. The van der Waals surface area contributed by atoms with E-state index in [4.69, 9.17) is 4.74 Å². The molecule has 0 spiro atoms. The fourth-order valence-electron chi connectivity index (χ4n) is 3.58. The minimum absolute atomic E-state index is 0.0478. The zero-order valence-electron chi connectivity index (χ0n) is 14.5. The molecular weight excluding hydrogens is 322 g/mol. The number of carbonyl (C=O) groups excluding carboxylic acids is 1. The van der Waals surface area contributed by atoms with Gasteiger partial charge in [-0.05, 0) is 33.3 Å². The third-order valence-corrected chi connectivity index (χ3v) is 4.65. The van der Waals surface area contributed by atoms with Crippen molar-refractivity contribution in [2.45, 2.75) is 44.9 Å². The summed E-state index contributed by atoms with van der Waals surface area (Å²) in [5.41, 5.74) is 0.117. The lowest BCUT2D eigenvalue weighted by atomic mass is 10.2. The third kappa shape index (κ3) is 2.81. The number of ether oxygens (including phenoxy) is 1. The lowest BCUT2D eigenvalue weighted by Crippen LogP contribution is -2.50. The number of aromatic hydroxyl groups is 1. The van der Waals surface area contributed by atoms with E-state index in [0.717, 1.165) is 12.2 Å². The van der Waals surface area contributed by atoms with Crippen molar-refractivity contribution in [2.24, 2.45) is 0 Å². The molecule has 4 rings (SSSR count). The molecule has 2 aliphatic rings. The second-order valence-corrected chi connectivity index (χ2v) is 7.59. The second-order valence-electron chi connectivity index (χ2n) is 7.59. The van der Waals surface area contributed by atoms with Gasteiger partial charge < -0.3 is 19.6 Å². The van der Waals surface area contributed by atoms with Crippen LogP contribution in [-0.4, -0.2) is 61.8 Å². The Kier molecular flexibility index (Phi) is 3.45. The topological polar surface area (TPSA) is 91.7 Å². The van der Waals surface area contributed by atoms with Gasteiger partial charge in [0.15, 0.2) is 0 Å². The van der Waals surface area contributed by atoms with Crippen LogP contribution in [0.5, 0.6) is 5.88 Å². The van der Waals surface area contributed by atoms with Crippen LogP contribution in [0.3, 0.4) is 0 Å². The monoisotopic (exact) mass is 343 g/mol. The van der Waals surface area contributed by atoms with Gasteiger partial charge in [-0.1, -0.05) is 0 Å². The van der Waals surface area contributed by atoms with E-state index in [-0.39, 0.29) is 24.1 Å². The largest absolute Gasteiger partial charge is 0.493 e. The molecule has 1 amide bonds. The quantitative estimate of drug-likeness (QED) is 0.846. The maximum absolute atomic E-state index is 12.3. The Labute approximate surface area is 145 Å². The molecule has 2 fully saturated rings. The van der Waals surface area contributed by atoms with E-state index in [1.165, 1.54) is 6.33 Å². The number of anilines is 1. The summed E-state index contributed by atoms with van der Waals surface area (Å²) < 4.78 is 5.49. The van der Waals surface area contributed by atoms with Gasteiger partial charge >= 0.3 is 6.09 Å². The van der Waals surface area contributed by atoms with Gasteiger partial charge in [0.1, 0.15) is 17.7 Å². The van der Waals surface area contributed by atoms with E-state index in [2.05, 4.69) is 19.9 Å². The van der Waals surface area contributed by atoms with Crippen LogP contribution in [0, 0.1) is 0 Å². The number of pyridine rings is 1. The maximum atomic E-state index is 12.3. The number of amides is 1. The van der Waals surface area contributed by atoms with E-state index in [1.54, 1.807) is 6.20 Å². The van der Waals surface area contributed by atoms with Gasteiger partial charge in [-0.15, -0.1) is 0 Å². The van der Waals surface area contributed by atoms with Crippen molar-refractivity contribution < 1.29 is 14.6 Å². The first-order chi connectivity index (χ1) is 11.8. The molecule has 0 aromatic carbocycles. The Morgan fingerprint density at radius 3 is 2.72 bits per heavy atom. The van der Waals surface area contributed by atoms with Gasteiger partial charge in [-0.2, -0.15) is 0 Å². The Balaban J connectivity index is 1.53. The molecule has 2 aliphatic heterocycles. The highest BCUT2D eigenvalue weighted by Crippen LogP contribution is 2.35. The highest BCUT2D eigenvalue weighted by molar-refractivity contribution is 5.84. The fraction of sp³-hybridized carbons (Fsp3) is 0.529. The molecule has 2 atom stereocenters. The average Bonchev–Trinajstić information content (AvgIpc) is 3.14. The van der Waals surface area contributed by atoms with Gasteiger partial charge in [-0.3, -0.25) is 0 Å². The first-order valence-electron chi connectivity index (χ1n) is 8.38. The number of nitrogens with zero attached hydrogens (tertiary/aromatic N) is 5. The lowest BCUT2D eigenvalue weighted by Gasteiger charge is -2.35. The molecule has 8 heteroatoms. The van der Waals surface area contributed by atoms with Crippen molar-refractivity contribution in [2.75, 3.05) is 18.0 Å². The number of carbonyl (C=O) groups is 1. The maximum Gasteiger partial charge on any atom is 0.410 e. The van der Waals surface area contributed by atoms with Crippen molar-refractivity contribution in [3.63, 3.8) is 0 Å². The van der Waals surface area contributed by atoms with E-state index < -0.39 is 5.60 Å². The molecule has 132 valence electrons. The van der Waals surface area contributed by atoms with Crippen LogP contribution in [-0.2, 0) is 4.74 Å². The Hall–Kier alpha value is -2.64. The van der Waals surface area contributed by atoms with Crippen molar-refractivity contribution in [1.82, 2.24) is 19.9 Å². The molecule has 2 aromatic heterocycles. The summed E-state index contributed by atoms with van der Waals surface area (Å²) in [4.78, 5) is 28.7. The number of hydrogen-bond acceptors (Lipinski definition) is 7. The van der Waals surface area contributed by atoms with Crippen LogP contribution in [0.1, 0.15) is 27.2 Å². The highest BCUT2D eigenvalue weighted by atomic mass is 16.6. The number of rotatable bonds is 1. The summed E-state index contributed by atoms with van der Waals surface area (Å²) in [6.45, 7) is 6.95. The summed E-state index contributed by atoms with van der Waals surface area (Å²) in [5.74, 6) is 0.724. The highest BCUT2D eigenvalue weighted by Gasteiger charge is 2.47. The molecule has 2 aromatic rings. The van der Waals surface area contributed by atoms with Crippen LogP contribution in [0.15, 0.2) is 18.6 Å². The summed E-state index contributed by atoms with van der Waals surface area (Å²) in [6.07, 6.45) is 3.60. The fourth-order valence-corrected chi connectivity index (χ4v) is 3.58. The van der Waals surface area contributed by atoms with Crippen LogP contribution >= 0.6 is 0 Å². The number of aromatic nitrogens is 3. The molecule has 0 radical (unpaired) electrons. The van der Waals surface area contributed by atoms with Crippen LogP contribution in [0.2, 0.25) is 0 Å². The normalized spacial score (nSPS) is 22.7. The molecule has 2 saturated heterocycles. The Bertz CT molecular complexity index is 835. The molecule has 2 bridgehead atoms. The van der Waals surface area contributed by atoms with E-state index >= 15 is 0 Å². The number of fused-ring (bicyclic) bond motifs is 3. The van der Waals surface area contributed by atoms with Crippen LogP contribution < -0.4 is 4.90 Å². The number of hydrogen-bond donors (Lipinski definition) is 1. The molecular formula is C17H21N5O3. The van der Waals surface area contributed by atoms with Crippen molar-refractivity contribution >= 4 is 22.8 Å². The summed E-state index contributed by atoms with van der Waals surface area (Å²) in [6, 6.07) is 2.13. The lowest BCUT2D eigenvalue weighted by molar-refractivity contribution is 0.0214. The molecule has 4 heterocycles. The van der Waals surface area contributed by atoms with Crippen molar-refractivity contribution in [3.05, 3.63) is 18.6 Å². The summed E-state index contributed by atoms with van der Waals surface area (Å²) in [5, 5.41) is 10.5. The number of likely N-dealkylation sites (tertiary alicyclic amines) is 1. The van der Waals surface area contributed by atoms with Gasteiger partial charge in [0.25, 0.3) is 0 Å². The van der Waals surface area contributed by atoms with Crippen molar-refractivity contribution in [3.8, 4) is 5.88 Å². The summed E-state index contributed by atoms with van der Waals surface area (Å²) in [7, 11) is 0. The predicted octanol–water partition coefficient (Wildman–Crippen LogP) is 1.93. The minimum Gasteiger partial charge on any atom is -0.493 e. The van der Waals surface area contributed by atoms with E-state index in [1.807, 2.05) is 31.7 Å². The summed E-state index contributed by atoms with van der Waals surface area (Å²) >= 11 is 0. The smallest absolute Gasteiger partial charge is 0.410 e. The third-order valence-electron chi connectivity index (χ3n) is 4.65. The molecule has 25 heavy (non-hydrogen) atoms. The first-order valence-corrected chi connectivity index (χ1v) is 8.38. The molecule has 0 unspecified atom stereocenters.